The third kappa shape index (κ3) is 5.25. The number of pyridine rings is 1. The fourth-order valence-corrected chi connectivity index (χ4v) is 6.41. The third-order valence-corrected chi connectivity index (χ3v) is 9.37. The van der Waals surface area contributed by atoms with Gasteiger partial charge in [-0.25, -0.2) is 9.07 Å². The molecule has 1 N–H and O–H groups in total. The second kappa shape index (κ2) is 11.2. The lowest BCUT2D eigenvalue weighted by Crippen LogP contribution is -2.37. The summed E-state index contributed by atoms with van der Waals surface area (Å²) in [5.41, 5.74) is 1.92. The largest absolute Gasteiger partial charge is 0.492 e. The second-order valence-corrected chi connectivity index (χ2v) is 12.0. The van der Waals surface area contributed by atoms with E-state index in [0.717, 1.165) is 12.2 Å². The van der Waals surface area contributed by atoms with Crippen LogP contribution in [-0.4, -0.2) is 50.4 Å². The second-order valence-electron chi connectivity index (χ2n) is 12.0. The van der Waals surface area contributed by atoms with Crippen molar-refractivity contribution in [2.45, 2.75) is 44.2 Å². The van der Waals surface area contributed by atoms with Crippen LogP contribution in [0.2, 0.25) is 0 Å². The lowest BCUT2D eigenvalue weighted by atomic mass is 10.2. The zero-order chi connectivity index (χ0) is 31.3. The lowest BCUT2D eigenvalue weighted by molar-refractivity contribution is 0.102. The SMILES string of the molecule is Cc1c(C(=O)Nc2ccc(Oc3ccnc4cc(OCC5CCC6(CC6)N5C)ccc34)c(F)c2)c(=O)n(-c2ccccc2)n1C. The highest BCUT2D eigenvalue weighted by Crippen LogP contribution is 2.50. The monoisotopic (exact) mass is 607 g/mol. The van der Waals surface area contributed by atoms with Crippen molar-refractivity contribution < 1.29 is 18.7 Å². The van der Waals surface area contributed by atoms with E-state index in [1.807, 2.05) is 36.4 Å². The van der Waals surface area contributed by atoms with Gasteiger partial charge in [0.05, 0.1) is 16.9 Å². The normalized spacial score (nSPS) is 17.1. The Kier molecular flexibility index (Phi) is 7.16. The van der Waals surface area contributed by atoms with Crippen LogP contribution >= 0.6 is 0 Å². The number of fused-ring (bicyclic) bond motifs is 1. The third-order valence-electron chi connectivity index (χ3n) is 9.37. The number of para-hydroxylation sites is 1. The summed E-state index contributed by atoms with van der Waals surface area (Å²) < 4.78 is 30.4. The Hall–Kier alpha value is -4.96. The van der Waals surface area contributed by atoms with Crippen LogP contribution in [0.5, 0.6) is 17.2 Å². The number of hydrogen-bond donors (Lipinski definition) is 1. The van der Waals surface area contributed by atoms with Crippen LogP contribution in [0.3, 0.4) is 0 Å². The minimum Gasteiger partial charge on any atom is -0.492 e. The van der Waals surface area contributed by atoms with E-state index in [2.05, 4.69) is 22.2 Å². The molecule has 2 aromatic heterocycles. The van der Waals surface area contributed by atoms with Gasteiger partial charge >= 0.3 is 0 Å². The van der Waals surface area contributed by atoms with Gasteiger partial charge in [-0.1, -0.05) is 18.2 Å². The molecule has 9 nitrogen and oxygen atoms in total. The summed E-state index contributed by atoms with van der Waals surface area (Å²) in [6, 6.07) is 20.9. The van der Waals surface area contributed by atoms with Crippen molar-refractivity contribution in [2.75, 3.05) is 19.0 Å². The fourth-order valence-electron chi connectivity index (χ4n) is 6.41. The van der Waals surface area contributed by atoms with Crippen LogP contribution in [0.1, 0.15) is 41.7 Å². The number of halogens is 1. The molecule has 1 saturated heterocycles. The number of benzene rings is 3. The number of rotatable bonds is 8. The molecule has 0 radical (unpaired) electrons. The zero-order valence-electron chi connectivity index (χ0n) is 25.4. The average Bonchev–Trinajstić information content (AvgIpc) is 3.71. The van der Waals surface area contributed by atoms with Crippen LogP contribution in [0.15, 0.2) is 83.8 Å². The van der Waals surface area contributed by atoms with E-state index >= 15 is 4.39 Å². The minimum absolute atomic E-state index is 0.0126. The molecule has 1 aliphatic carbocycles. The Bertz CT molecular complexity index is 1980. The maximum atomic E-state index is 15.3. The van der Waals surface area contributed by atoms with Crippen molar-refractivity contribution in [3.05, 3.63) is 106 Å². The maximum absolute atomic E-state index is 15.3. The van der Waals surface area contributed by atoms with Gasteiger partial charge in [-0.15, -0.1) is 0 Å². The quantitative estimate of drug-likeness (QED) is 0.225. The summed E-state index contributed by atoms with van der Waals surface area (Å²) in [4.78, 5) is 33.3. The van der Waals surface area contributed by atoms with E-state index in [4.69, 9.17) is 9.47 Å². The first kappa shape index (κ1) is 28.8. The Morgan fingerprint density at radius 3 is 2.56 bits per heavy atom. The predicted octanol–water partition coefficient (Wildman–Crippen LogP) is 6.22. The highest BCUT2D eigenvalue weighted by Gasteiger charge is 2.52. The van der Waals surface area contributed by atoms with E-state index < -0.39 is 17.3 Å². The van der Waals surface area contributed by atoms with Crippen molar-refractivity contribution in [1.82, 2.24) is 19.2 Å². The van der Waals surface area contributed by atoms with Gasteiger partial charge in [0.1, 0.15) is 23.7 Å². The van der Waals surface area contributed by atoms with Gasteiger partial charge in [0, 0.05) is 48.0 Å². The number of carbonyl (C=O) groups excluding carboxylic acids is 1. The Morgan fingerprint density at radius 2 is 1.82 bits per heavy atom. The Labute approximate surface area is 259 Å². The van der Waals surface area contributed by atoms with Gasteiger partial charge in [0.25, 0.3) is 11.5 Å². The average molecular weight is 608 g/mol. The number of likely N-dealkylation sites (tertiary alicyclic amines) is 1. The number of amides is 1. The molecule has 45 heavy (non-hydrogen) atoms. The van der Waals surface area contributed by atoms with Crippen LogP contribution < -0.4 is 20.3 Å². The first-order chi connectivity index (χ1) is 21.7. The summed E-state index contributed by atoms with van der Waals surface area (Å²) in [5.74, 6) is -0.136. The summed E-state index contributed by atoms with van der Waals surface area (Å²) in [6.07, 6.45) is 6.56. The van der Waals surface area contributed by atoms with Gasteiger partial charge in [-0.3, -0.25) is 24.2 Å². The Balaban J connectivity index is 1.05. The lowest BCUT2D eigenvalue weighted by Gasteiger charge is -2.25. The van der Waals surface area contributed by atoms with Crippen molar-refractivity contribution in [2.24, 2.45) is 7.05 Å². The van der Waals surface area contributed by atoms with Crippen molar-refractivity contribution >= 4 is 22.5 Å². The van der Waals surface area contributed by atoms with Gasteiger partial charge < -0.3 is 14.8 Å². The zero-order valence-corrected chi connectivity index (χ0v) is 25.4. The number of nitrogens with one attached hydrogen (secondary N) is 1. The van der Waals surface area contributed by atoms with Gasteiger partial charge in [-0.05, 0) is 82.1 Å². The molecule has 7 rings (SSSR count). The number of ether oxygens (including phenoxy) is 2. The highest BCUT2D eigenvalue weighted by molar-refractivity contribution is 6.05. The maximum Gasteiger partial charge on any atom is 0.284 e. The molecule has 10 heteroatoms. The summed E-state index contributed by atoms with van der Waals surface area (Å²) in [7, 11) is 3.91. The molecular formula is C35H34FN5O4. The molecule has 2 fully saturated rings. The van der Waals surface area contributed by atoms with Crippen molar-refractivity contribution in [3.63, 3.8) is 0 Å². The molecule has 1 atom stereocenters. The summed E-state index contributed by atoms with van der Waals surface area (Å²) >= 11 is 0. The molecule has 2 aliphatic rings. The smallest absolute Gasteiger partial charge is 0.284 e. The molecule has 1 aliphatic heterocycles. The molecule has 1 saturated carbocycles. The topological polar surface area (TPSA) is 90.6 Å². The standard InChI is InChI=1S/C35H34FN5O4/c1-22-32(34(43)41(40(22)3)24-7-5-4-6-8-24)33(42)38-23-9-12-31(28(36)19-23)45-30-14-18-37-29-20-26(10-11-27(29)30)44-21-25-13-15-35(16-17-35)39(25)2/h4-12,14,18-20,25H,13,15-17,21H2,1-3H3,(H,38,42). The van der Waals surface area contributed by atoms with Crippen LogP contribution in [0.4, 0.5) is 10.1 Å². The van der Waals surface area contributed by atoms with Crippen LogP contribution in [-0.2, 0) is 7.05 Å². The summed E-state index contributed by atoms with van der Waals surface area (Å²) in [6.45, 7) is 2.32. The molecule has 0 bridgehead atoms. The minimum atomic E-state index is -0.668. The number of likely N-dealkylation sites (N-methyl/N-ethyl adjacent to an activating group) is 1. The first-order valence-corrected chi connectivity index (χ1v) is 15.1. The predicted molar refractivity (Wildman–Crippen MR) is 170 cm³/mol. The van der Waals surface area contributed by atoms with E-state index in [9.17, 15) is 9.59 Å². The molecular weight excluding hydrogens is 573 g/mol. The Morgan fingerprint density at radius 1 is 1.02 bits per heavy atom. The molecule has 1 amide bonds. The first-order valence-electron chi connectivity index (χ1n) is 15.1. The van der Waals surface area contributed by atoms with Crippen LogP contribution in [0, 0.1) is 12.7 Å². The molecule has 230 valence electrons. The highest BCUT2D eigenvalue weighted by atomic mass is 19.1. The van der Waals surface area contributed by atoms with Gasteiger partial charge in [0.15, 0.2) is 11.6 Å². The van der Waals surface area contributed by atoms with Gasteiger partial charge in [0.2, 0.25) is 0 Å². The van der Waals surface area contributed by atoms with Gasteiger partial charge in [-0.2, -0.15) is 0 Å². The fraction of sp³-hybridized carbons (Fsp3) is 0.286. The van der Waals surface area contributed by atoms with E-state index in [1.54, 1.807) is 43.0 Å². The van der Waals surface area contributed by atoms with Crippen molar-refractivity contribution in [1.29, 1.82) is 0 Å². The summed E-state index contributed by atoms with van der Waals surface area (Å²) in [5, 5.41) is 3.37. The number of nitrogens with zero attached hydrogens (tertiary/aromatic N) is 4. The molecule has 1 spiro atoms. The molecule has 3 aromatic carbocycles. The van der Waals surface area contributed by atoms with E-state index in [1.165, 1.54) is 42.1 Å². The molecule has 5 aromatic rings. The molecule has 3 heterocycles. The number of hydrogen-bond acceptors (Lipinski definition) is 6. The number of anilines is 1. The number of aromatic nitrogens is 3. The van der Waals surface area contributed by atoms with Crippen LogP contribution in [0.25, 0.3) is 16.6 Å². The molecule has 1 unspecified atom stereocenters. The number of carbonyl (C=O) groups is 1. The van der Waals surface area contributed by atoms with E-state index in [-0.39, 0.29) is 17.0 Å². The van der Waals surface area contributed by atoms with E-state index in [0.29, 0.717) is 46.2 Å². The van der Waals surface area contributed by atoms with Crippen molar-refractivity contribution in [3.8, 4) is 22.9 Å².